The van der Waals surface area contributed by atoms with E-state index in [0.29, 0.717) is 79.6 Å². The van der Waals surface area contributed by atoms with E-state index in [9.17, 15) is 32.7 Å². The molecule has 0 spiro atoms. The number of hydrogen-bond donors (Lipinski definition) is 3. The third-order valence-corrected chi connectivity index (χ3v) is 10.7. The third kappa shape index (κ3) is 11.1. The summed E-state index contributed by atoms with van der Waals surface area (Å²) in [5.74, 6) is -0.753. The van der Waals surface area contributed by atoms with Gasteiger partial charge in [-0.1, -0.05) is 19.9 Å². The zero-order valence-corrected chi connectivity index (χ0v) is 34.4. The second-order valence-corrected chi connectivity index (χ2v) is 17.2. The number of hydrazine groups is 1. The summed E-state index contributed by atoms with van der Waals surface area (Å²) in [4.78, 5) is 45.5. The first-order valence-corrected chi connectivity index (χ1v) is 19.7. The van der Waals surface area contributed by atoms with Gasteiger partial charge in [0.15, 0.2) is 0 Å². The molecule has 0 saturated carbocycles. The Morgan fingerprint density at radius 3 is 2.46 bits per heavy atom. The monoisotopic (exact) mass is 804 g/mol. The summed E-state index contributed by atoms with van der Waals surface area (Å²) in [6.07, 6.45) is -1.07. The van der Waals surface area contributed by atoms with Crippen LogP contribution in [0.5, 0.6) is 0 Å². The molecule has 1 aromatic carbocycles. The number of aliphatic imine (C=N–C) groups is 1. The van der Waals surface area contributed by atoms with E-state index in [1.807, 2.05) is 37.8 Å². The molecule has 0 unspecified atom stereocenters. The van der Waals surface area contributed by atoms with Crippen molar-refractivity contribution in [2.45, 2.75) is 122 Å². The lowest BCUT2D eigenvalue weighted by molar-refractivity contribution is -0.145. The number of esters is 1. The fraction of sp³-hybridized carbons (Fsp3) is 0.659. The number of carbonyl (C=O) groups excluding carboxylic acids is 3. The van der Waals surface area contributed by atoms with Gasteiger partial charge in [0.2, 0.25) is 0 Å². The molecule has 0 radical (unpaired) electrons. The number of methoxy groups -OCH3 is 2. The average molecular weight is 805 g/mol. The number of aliphatic hydroxyl groups is 1. The van der Waals surface area contributed by atoms with Gasteiger partial charge in [-0.25, -0.2) is 10.2 Å². The van der Waals surface area contributed by atoms with E-state index in [4.69, 9.17) is 14.2 Å². The molecular weight excluding hydrogens is 745 g/mol. The smallest absolute Gasteiger partial charge is 0.408 e. The van der Waals surface area contributed by atoms with Gasteiger partial charge in [0.25, 0.3) is 5.91 Å². The molecule has 16 heteroatoms. The summed E-state index contributed by atoms with van der Waals surface area (Å²) < 4.78 is 60.4. The molecule has 2 saturated heterocycles. The Bertz CT molecular complexity index is 1840. The number of rotatable bonds is 14. The average Bonchev–Trinajstić information content (AvgIpc) is 3.40. The van der Waals surface area contributed by atoms with E-state index in [1.54, 1.807) is 40.2 Å². The number of ether oxygens (including phenoxy) is 3. The van der Waals surface area contributed by atoms with Crippen LogP contribution < -0.4 is 10.7 Å². The van der Waals surface area contributed by atoms with Crippen molar-refractivity contribution in [3.05, 3.63) is 40.7 Å². The Morgan fingerprint density at radius 2 is 1.82 bits per heavy atom. The molecule has 316 valence electrons. The van der Waals surface area contributed by atoms with Crippen LogP contribution in [0.3, 0.4) is 0 Å². The van der Waals surface area contributed by atoms with Gasteiger partial charge in [-0.2, -0.15) is 13.2 Å². The number of amides is 2. The maximum atomic E-state index is 14.4. The highest BCUT2D eigenvalue weighted by Gasteiger charge is 2.39. The van der Waals surface area contributed by atoms with Gasteiger partial charge >= 0.3 is 18.2 Å². The Hall–Kier alpha value is -3.99. The van der Waals surface area contributed by atoms with Crippen LogP contribution >= 0.6 is 0 Å². The summed E-state index contributed by atoms with van der Waals surface area (Å²) in [5.41, 5.74) is 5.59. The number of fused-ring (bicyclic) bond motifs is 1. The lowest BCUT2D eigenvalue weighted by Crippen LogP contribution is -2.62. The Balaban J connectivity index is 1.46. The molecule has 3 aliphatic heterocycles. The van der Waals surface area contributed by atoms with Gasteiger partial charge in [-0.15, -0.1) is 0 Å². The van der Waals surface area contributed by atoms with Crippen molar-refractivity contribution in [2.24, 2.45) is 10.4 Å². The van der Waals surface area contributed by atoms with Crippen LogP contribution in [0.25, 0.3) is 16.5 Å². The summed E-state index contributed by atoms with van der Waals surface area (Å²) in [6.45, 7) is 11.1. The van der Waals surface area contributed by atoms with Gasteiger partial charge in [0.1, 0.15) is 18.2 Å². The first-order valence-electron chi connectivity index (χ1n) is 19.7. The zero-order valence-electron chi connectivity index (χ0n) is 34.4. The normalized spacial score (nSPS) is 19.7. The molecule has 3 N–H and O–H groups in total. The van der Waals surface area contributed by atoms with Crippen LogP contribution in [0.15, 0.2) is 28.9 Å². The van der Waals surface area contributed by atoms with Crippen LogP contribution in [0.1, 0.15) is 96.4 Å². The van der Waals surface area contributed by atoms with E-state index in [-0.39, 0.29) is 37.4 Å². The molecule has 2 aromatic rings. The summed E-state index contributed by atoms with van der Waals surface area (Å²) in [5, 5.41) is 15.3. The van der Waals surface area contributed by atoms with Crippen molar-refractivity contribution < 1.29 is 46.9 Å². The molecule has 3 atom stereocenters. The Morgan fingerprint density at radius 1 is 1.11 bits per heavy atom. The van der Waals surface area contributed by atoms with E-state index in [0.717, 1.165) is 11.1 Å². The molecule has 0 aliphatic carbocycles. The maximum absolute atomic E-state index is 14.4. The topological polar surface area (TPSA) is 147 Å². The molecule has 0 bridgehead atoms. The van der Waals surface area contributed by atoms with Crippen LogP contribution in [0.2, 0.25) is 0 Å². The van der Waals surface area contributed by atoms with E-state index in [1.165, 1.54) is 16.7 Å². The zero-order chi connectivity index (χ0) is 41.9. The van der Waals surface area contributed by atoms with Crippen LogP contribution in [-0.4, -0.2) is 121 Å². The lowest BCUT2D eigenvalue weighted by atomic mass is 9.83. The van der Waals surface area contributed by atoms with Gasteiger partial charge in [-0.05, 0) is 88.5 Å². The van der Waals surface area contributed by atoms with Gasteiger partial charge in [0.05, 0.1) is 31.0 Å². The number of likely N-dealkylation sites (tertiary alicyclic amines) is 1. The number of halogens is 3. The highest BCUT2D eigenvalue weighted by Crippen LogP contribution is 2.42. The molecule has 13 nitrogen and oxygen atoms in total. The number of benzene rings is 1. The number of nitrogens with one attached hydrogen (secondary N) is 2. The Kier molecular flexibility index (Phi) is 13.8. The summed E-state index contributed by atoms with van der Waals surface area (Å²) >= 11 is 0. The molecule has 3 aliphatic rings. The second kappa shape index (κ2) is 17.9. The first-order chi connectivity index (χ1) is 26.7. The van der Waals surface area contributed by atoms with Crippen molar-refractivity contribution in [1.82, 2.24) is 25.2 Å². The maximum Gasteiger partial charge on any atom is 0.408 e. The van der Waals surface area contributed by atoms with Crippen LogP contribution in [0.4, 0.5) is 18.0 Å². The number of nitrogens with zero attached hydrogens (tertiary/aromatic N) is 4. The minimum atomic E-state index is -4.50. The highest BCUT2D eigenvalue weighted by atomic mass is 19.4. The minimum Gasteiger partial charge on any atom is -0.469 e. The molecule has 2 fully saturated rings. The Labute approximate surface area is 332 Å². The predicted molar refractivity (Wildman–Crippen MR) is 211 cm³/mol. The van der Waals surface area contributed by atoms with E-state index < -0.39 is 47.9 Å². The van der Waals surface area contributed by atoms with Crippen LogP contribution in [0, 0.1) is 5.41 Å². The van der Waals surface area contributed by atoms with Gasteiger partial charge in [-0.3, -0.25) is 24.5 Å². The standard InChI is InChI=1S/C41H59F3N6O7/c1-25(55-7)35-29(12-9-15-45-35)36-31(19-40(5,6)24-51)30-17-26(13-14-33(30)49(36)23-41(42,43)44)27-20-48(21-27)22-32(46-38(54)57-39(2,3)4)37(53)50-16-10-11-28(47-50)18-34(52)56-8/h13-15,17,25,27-28,32,47,51H,9-12,16,18-24H2,1-8H3,(H,46,54)/t25-,28-,32-/m0/s1. The fourth-order valence-electron chi connectivity index (χ4n) is 7.84. The lowest BCUT2D eigenvalue weighted by Gasteiger charge is -2.42. The first kappa shape index (κ1) is 44.1. The van der Waals surface area contributed by atoms with Crippen molar-refractivity contribution in [1.29, 1.82) is 0 Å². The van der Waals surface area contributed by atoms with Gasteiger partial charge < -0.3 is 29.2 Å². The van der Waals surface area contributed by atoms with Crippen molar-refractivity contribution in [3.63, 3.8) is 0 Å². The number of allylic oxidation sites excluding steroid dienone is 1. The molecule has 1 aromatic heterocycles. The number of carbonyl (C=O) groups is 3. The molecule has 5 rings (SSSR count). The number of alkyl carbamates (subject to hydrolysis) is 1. The second-order valence-electron chi connectivity index (χ2n) is 17.2. The summed E-state index contributed by atoms with van der Waals surface area (Å²) in [6, 6.07) is 4.34. The summed E-state index contributed by atoms with van der Waals surface area (Å²) in [7, 11) is 2.86. The van der Waals surface area contributed by atoms with E-state index in [2.05, 4.69) is 15.7 Å². The quantitative estimate of drug-likeness (QED) is 0.204. The molecule has 4 heterocycles. The number of aliphatic hydroxyl groups excluding tert-OH is 1. The van der Waals surface area contributed by atoms with Crippen LogP contribution in [-0.2, 0) is 36.8 Å². The molecule has 2 amide bonds. The SMILES string of the molecule is COC(=O)C[C@@H]1CCCN(C(=O)[C@H](CN2CC(c3ccc4c(c3)c(CC(C)(C)CO)c(C3=C([C@H](C)OC)N=CCC3)n4CC(F)(F)F)C2)NC(=O)OC(C)(C)C)N1. The molecule has 57 heavy (non-hydrogen) atoms. The number of aromatic nitrogens is 1. The third-order valence-electron chi connectivity index (χ3n) is 10.7. The largest absolute Gasteiger partial charge is 0.469 e. The van der Waals surface area contributed by atoms with Gasteiger partial charge in [0, 0.05) is 74.5 Å². The predicted octanol–water partition coefficient (Wildman–Crippen LogP) is 5.73. The fourth-order valence-corrected chi connectivity index (χ4v) is 7.84. The minimum absolute atomic E-state index is 0.0000779. The number of hydrogen-bond acceptors (Lipinski definition) is 10. The van der Waals surface area contributed by atoms with Crippen molar-refractivity contribution in [3.8, 4) is 0 Å². The van der Waals surface area contributed by atoms with Crippen molar-refractivity contribution in [2.75, 3.05) is 47.0 Å². The highest BCUT2D eigenvalue weighted by molar-refractivity contribution is 5.93. The number of alkyl halides is 3. The van der Waals surface area contributed by atoms with E-state index >= 15 is 0 Å². The molecular formula is C41H59F3N6O7. The van der Waals surface area contributed by atoms with Crippen molar-refractivity contribution >= 4 is 40.7 Å².